The van der Waals surface area contributed by atoms with Gasteiger partial charge >= 0.3 is 0 Å². The Bertz CT molecular complexity index is 1020. The second kappa shape index (κ2) is 8.19. The van der Waals surface area contributed by atoms with Crippen molar-refractivity contribution in [2.45, 2.75) is 38.3 Å². The van der Waals surface area contributed by atoms with Gasteiger partial charge in [0.05, 0.1) is 20.8 Å². The smallest absolute Gasteiger partial charge is 0.255 e. The molecule has 152 valence electrons. The van der Waals surface area contributed by atoms with Gasteiger partial charge in [-0.3, -0.25) is 4.79 Å². The van der Waals surface area contributed by atoms with Gasteiger partial charge in [-0.2, -0.15) is 0 Å². The number of fused-ring (bicyclic) bond motifs is 1. The SMILES string of the molecule is COc1ccc(OC)c(CN(C(=O)c2cccc3c2ccn3C)C2CCCC2)c1. The Morgan fingerprint density at radius 3 is 2.62 bits per heavy atom. The molecule has 0 aliphatic heterocycles. The van der Waals surface area contributed by atoms with Gasteiger partial charge in [0.2, 0.25) is 0 Å². The van der Waals surface area contributed by atoms with Crippen LogP contribution in [0.3, 0.4) is 0 Å². The Labute approximate surface area is 171 Å². The molecule has 1 aromatic heterocycles. The molecule has 0 radical (unpaired) electrons. The first-order chi connectivity index (χ1) is 14.1. The Morgan fingerprint density at radius 2 is 1.90 bits per heavy atom. The second-order valence-corrected chi connectivity index (χ2v) is 7.71. The molecule has 1 heterocycles. The van der Waals surface area contributed by atoms with E-state index in [0.29, 0.717) is 6.54 Å². The van der Waals surface area contributed by atoms with Crippen molar-refractivity contribution in [3.63, 3.8) is 0 Å². The number of methoxy groups -OCH3 is 2. The van der Waals surface area contributed by atoms with E-state index in [1.165, 1.54) is 12.8 Å². The molecule has 0 saturated heterocycles. The molecule has 1 fully saturated rings. The summed E-state index contributed by atoms with van der Waals surface area (Å²) in [6.45, 7) is 0.507. The highest BCUT2D eigenvalue weighted by molar-refractivity contribution is 6.06. The molecule has 3 aromatic rings. The summed E-state index contributed by atoms with van der Waals surface area (Å²) in [6.07, 6.45) is 6.43. The van der Waals surface area contributed by atoms with E-state index in [-0.39, 0.29) is 11.9 Å². The van der Waals surface area contributed by atoms with Crippen LogP contribution in [0.25, 0.3) is 10.9 Å². The third-order valence-electron chi connectivity index (χ3n) is 6.01. The van der Waals surface area contributed by atoms with E-state index >= 15 is 0 Å². The first-order valence-electron chi connectivity index (χ1n) is 10.2. The Balaban J connectivity index is 1.74. The molecular formula is C24H28N2O3. The van der Waals surface area contributed by atoms with Crippen LogP contribution in [0.15, 0.2) is 48.7 Å². The summed E-state index contributed by atoms with van der Waals surface area (Å²) in [5, 5.41) is 1.00. The van der Waals surface area contributed by atoms with Crippen LogP contribution >= 0.6 is 0 Å². The molecular weight excluding hydrogens is 364 g/mol. The standard InChI is InChI=1S/C24H28N2O3/c1-25-14-13-20-21(9-6-10-22(20)25)24(27)26(18-7-4-5-8-18)16-17-15-19(28-2)11-12-23(17)29-3/h6,9-15,18H,4-5,7-8,16H2,1-3H3. The van der Waals surface area contributed by atoms with Crippen molar-refractivity contribution in [2.24, 2.45) is 7.05 Å². The van der Waals surface area contributed by atoms with Crippen molar-refractivity contribution in [2.75, 3.05) is 14.2 Å². The van der Waals surface area contributed by atoms with Gasteiger partial charge in [-0.05, 0) is 49.2 Å². The fourth-order valence-electron chi connectivity index (χ4n) is 4.42. The fourth-order valence-corrected chi connectivity index (χ4v) is 4.42. The first-order valence-corrected chi connectivity index (χ1v) is 10.2. The highest BCUT2D eigenvalue weighted by Crippen LogP contribution is 2.32. The van der Waals surface area contributed by atoms with Crippen molar-refractivity contribution in [3.05, 3.63) is 59.8 Å². The normalized spacial score (nSPS) is 14.3. The van der Waals surface area contributed by atoms with Crippen LogP contribution in [0.4, 0.5) is 0 Å². The van der Waals surface area contributed by atoms with Crippen LogP contribution in [0.1, 0.15) is 41.6 Å². The van der Waals surface area contributed by atoms with E-state index in [1.54, 1.807) is 14.2 Å². The van der Waals surface area contributed by atoms with Gasteiger partial charge in [0.1, 0.15) is 11.5 Å². The van der Waals surface area contributed by atoms with E-state index in [0.717, 1.165) is 46.4 Å². The molecule has 2 aromatic carbocycles. The molecule has 0 unspecified atom stereocenters. The number of aromatic nitrogens is 1. The number of benzene rings is 2. The van der Waals surface area contributed by atoms with Crippen LogP contribution in [0.2, 0.25) is 0 Å². The second-order valence-electron chi connectivity index (χ2n) is 7.71. The monoisotopic (exact) mass is 392 g/mol. The van der Waals surface area contributed by atoms with Crippen LogP contribution in [0, 0.1) is 0 Å². The zero-order chi connectivity index (χ0) is 20.4. The number of carbonyl (C=O) groups excluding carboxylic acids is 1. The Kier molecular flexibility index (Phi) is 5.47. The topological polar surface area (TPSA) is 43.7 Å². The van der Waals surface area contributed by atoms with Crippen molar-refractivity contribution < 1.29 is 14.3 Å². The third kappa shape index (κ3) is 3.69. The predicted octanol–water partition coefficient (Wildman–Crippen LogP) is 4.78. The lowest BCUT2D eigenvalue weighted by Gasteiger charge is -2.30. The summed E-state index contributed by atoms with van der Waals surface area (Å²) in [7, 11) is 5.33. The average Bonchev–Trinajstić information content (AvgIpc) is 3.41. The summed E-state index contributed by atoms with van der Waals surface area (Å²) >= 11 is 0. The van der Waals surface area contributed by atoms with Gasteiger partial charge in [-0.15, -0.1) is 0 Å². The molecule has 1 aliphatic rings. The van der Waals surface area contributed by atoms with E-state index in [1.807, 2.05) is 54.5 Å². The van der Waals surface area contributed by atoms with Gasteiger partial charge in [0.15, 0.2) is 0 Å². The third-order valence-corrected chi connectivity index (χ3v) is 6.01. The lowest BCUT2D eigenvalue weighted by atomic mass is 10.1. The van der Waals surface area contributed by atoms with Crippen LogP contribution < -0.4 is 9.47 Å². The van der Waals surface area contributed by atoms with Gasteiger partial charge in [0, 0.05) is 41.3 Å². The highest BCUT2D eigenvalue weighted by Gasteiger charge is 2.29. The number of hydrogen-bond donors (Lipinski definition) is 0. The Hall–Kier alpha value is -2.95. The highest BCUT2D eigenvalue weighted by atomic mass is 16.5. The van der Waals surface area contributed by atoms with Crippen LogP contribution in [0.5, 0.6) is 11.5 Å². The van der Waals surface area contributed by atoms with Crippen molar-refractivity contribution >= 4 is 16.8 Å². The number of aryl methyl sites for hydroxylation is 1. The zero-order valence-corrected chi connectivity index (χ0v) is 17.4. The molecule has 1 saturated carbocycles. The van der Waals surface area contributed by atoms with E-state index in [9.17, 15) is 4.79 Å². The fraction of sp³-hybridized carbons (Fsp3) is 0.375. The maximum absolute atomic E-state index is 13.8. The van der Waals surface area contributed by atoms with Gasteiger partial charge in [-0.1, -0.05) is 18.9 Å². The quantitative estimate of drug-likeness (QED) is 0.606. The van der Waals surface area contributed by atoms with Crippen molar-refractivity contribution in [1.29, 1.82) is 0 Å². The number of amides is 1. The minimum Gasteiger partial charge on any atom is -0.497 e. The summed E-state index contributed by atoms with van der Waals surface area (Å²) in [6, 6.07) is 14.0. The predicted molar refractivity (Wildman–Crippen MR) is 115 cm³/mol. The molecule has 0 spiro atoms. The average molecular weight is 392 g/mol. The molecule has 1 amide bonds. The molecule has 0 atom stereocenters. The number of hydrogen-bond acceptors (Lipinski definition) is 3. The molecule has 4 rings (SSSR count). The maximum atomic E-state index is 13.8. The lowest BCUT2D eigenvalue weighted by molar-refractivity contribution is 0.0665. The van der Waals surface area contributed by atoms with Crippen LogP contribution in [-0.2, 0) is 13.6 Å². The van der Waals surface area contributed by atoms with Gasteiger partial charge in [-0.25, -0.2) is 0 Å². The van der Waals surface area contributed by atoms with Crippen molar-refractivity contribution in [3.8, 4) is 11.5 Å². The molecule has 0 N–H and O–H groups in total. The summed E-state index contributed by atoms with van der Waals surface area (Å²) in [5.74, 6) is 1.63. The van der Waals surface area contributed by atoms with E-state index < -0.39 is 0 Å². The van der Waals surface area contributed by atoms with Crippen molar-refractivity contribution in [1.82, 2.24) is 9.47 Å². The zero-order valence-electron chi connectivity index (χ0n) is 17.4. The number of ether oxygens (including phenoxy) is 2. The molecule has 5 heteroatoms. The summed E-state index contributed by atoms with van der Waals surface area (Å²) in [5.41, 5.74) is 2.80. The molecule has 5 nitrogen and oxygen atoms in total. The van der Waals surface area contributed by atoms with Gasteiger partial charge in [0.25, 0.3) is 5.91 Å². The van der Waals surface area contributed by atoms with E-state index in [4.69, 9.17) is 9.47 Å². The number of rotatable bonds is 6. The van der Waals surface area contributed by atoms with E-state index in [2.05, 4.69) is 10.6 Å². The number of carbonyl (C=O) groups is 1. The first kappa shape index (κ1) is 19.4. The summed E-state index contributed by atoms with van der Waals surface area (Å²) in [4.78, 5) is 15.8. The Morgan fingerprint density at radius 1 is 1.10 bits per heavy atom. The maximum Gasteiger partial charge on any atom is 0.255 e. The summed E-state index contributed by atoms with van der Waals surface area (Å²) < 4.78 is 13.0. The minimum absolute atomic E-state index is 0.0820. The minimum atomic E-state index is 0.0820. The lowest BCUT2D eigenvalue weighted by Crippen LogP contribution is -2.38. The molecule has 1 aliphatic carbocycles. The van der Waals surface area contributed by atoms with Gasteiger partial charge < -0.3 is 18.9 Å². The molecule has 29 heavy (non-hydrogen) atoms. The molecule has 0 bridgehead atoms. The number of nitrogens with zero attached hydrogens (tertiary/aromatic N) is 2. The van der Waals surface area contributed by atoms with Crippen LogP contribution in [-0.4, -0.2) is 35.6 Å². The largest absolute Gasteiger partial charge is 0.497 e.